The lowest BCUT2D eigenvalue weighted by Crippen LogP contribution is -2.29. The van der Waals surface area contributed by atoms with Crippen molar-refractivity contribution in [1.29, 1.82) is 0 Å². The molecule has 2 aromatic carbocycles. The van der Waals surface area contributed by atoms with Crippen molar-refractivity contribution in [2.45, 2.75) is 6.54 Å². The third-order valence-corrected chi connectivity index (χ3v) is 3.85. The minimum Gasteiger partial charge on any atom is -0.337 e. The smallest absolute Gasteiger partial charge is 0.337 e. The average Bonchev–Trinajstić information content (AvgIpc) is 2.90. The standard InChI is InChI=1S/C19H18N2O3/c1-20(13-14-9-5-3-6-10-14)18(22)16-17(21(2)24-19(16)23)15-11-7-4-8-12-15/h3-12H,13H2,1-2H3. The molecule has 24 heavy (non-hydrogen) atoms. The quantitative estimate of drug-likeness (QED) is 0.742. The van der Waals surface area contributed by atoms with Gasteiger partial charge in [-0.2, -0.15) is 0 Å². The van der Waals surface area contributed by atoms with Gasteiger partial charge in [0.05, 0.1) is 0 Å². The number of nitrogens with zero attached hydrogens (tertiary/aromatic N) is 2. The summed E-state index contributed by atoms with van der Waals surface area (Å²) < 4.78 is 6.48. The van der Waals surface area contributed by atoms with Crippen LogP contribution in [-0.4, -0.2) is 22.6 Å². The predicted octanol–water partition coefficient (Wildman–Crippen LogP) is 2.92. The molecule has 1 amide bonds. The van der Waals surface area contributed by atoms with Crippen LogP contribution in [0.3, 0.4) is 0 Å². The van der Waals surface area contributed by atoms with Gasteiger partial charge in [0, 0.05) is 26.2 Å². The van der Waals surface area contributed by atoms with Gasteiger partial charge in [0.25, 0.3) is 5.91 Å². The van der Waals surface area contributed by atoms with Gasteiger partial charge in [-0.3, -0.25) is 4.79 Å². The SMILES string of the molecule is CN(Cc1ccccc1)C(=O)c1c(-c2ccccc2)n(C)oc1=O. The zero-order chi connectivity index (χ0) is 17.1. The van der Waals surface area contributed by atoms with Crippen molar-refractivity contribution in [3.8, 4) is 11.3 Å². The van der Waals surface area contributed by atoms with Crippen molar-refractivity contribution < 1.29 is 9.32 Å². The van der Waals surface area contributed by atoms with Crippen LogP contribution in [0.1, 0.15) is 15.9 Å². The number of carbonyl (C=O) groups excluding carboxylic acids is 1. The molecule has 0 saturated carbocycles. The first-order valence-corrected chi connectivity index (χ1v) is 7.63. The highest BCUT2D eigenvalue weighted by Gasteiger charge is 2.26. The van der Waals surface area contributed by atoms with Gasteiger partial charge >= 0.3 is 5.63 Å². The molecular weight excluding hydrogens is 304 g/mol. The molecule has 0 aliphatic heterocycles. The van der Waals surface area contributed by atoms with E-state index in [2.05, 4.69) is 0 Å². The maximum atomic E-state index is 12.8. The largest absolute Gasteiger partial charge is 0.370 e. The third-order valence-electron chi connectivity index (χ3n) is 3.85. The van der Waals surface area contributed by atoms with E-state index in [9.17, 15) is 9.59 Å². The first-order chi connectivity index (χ1) is 11.6. The molecule has 0 bridgehead atoms. The van der Waals surface area contributed by atoms with E-state index >= 15 is 0 Å². The zero-order valence-corrected chi connectivity index (χ0v) is 13.6. The van der Waals surface area contributed by atoms with Gasteiger partial charge in [-0.25, -0.2) is 9.53 Å². The Morgan fingerprint density at radius 3 is 2.25 bits per heavy atom. The summed E-state index contributed by atoms with van der Waals surface area (Å²) in [5.74, 6) is -0.355. The van der Waals surface area contributed by atoms with E-state index in [0.29, 0.717) is 12.2 Å². The minimum atomic E-state index is -0.624. The van der Waals surface area contributed by atoms with Gasteiger partial charge in [0.15, 0.2) is 5.56 Å². The first kappa shape index (κ1) is 15.8. The summed E-state index contributed by atoms with van der Waals surface area (Å²) >= 11 is 0. The zero-order valence-electron chi connectivity index (χ0n) is 13.6. The molecule has 0 N–H and O–H groups in total. The Kier molecular flexibility index (Phi) is 4.33. The van der Waals surface area contributed by atoms with E-state index in [-0.39, 0.29) is 11.5 Å². The van der Waals surface area contributed by atoms with Crippen LogP contribution in [0.4, 0.5) is 0 Å². The van der Waals surface area contributed by atoms with Gasteiger partial charge in [-0.1, -0.05) is 60.7 Å². The molecule has 0 aliphatic rings. The Morgan fingerprint density at radius 2 is 1.62 bits per heavy atom. The van der Waals surface area contributed by atoms with E-state index in [0.717, 1.165) is 11.1 Å². The lowest BCUT2D eigenvalue weighted by molar-refractivity contribution is 0.0783. The van der Waals surface area contributed by atoms with Crippen LogP contribution in [0.25, 0.3) is 11.3 Å². The third kappa shape index (κ3) is 3.01. The van der Waals surface area contributed by atoms with E-state index in [1.54, 1.807) is 14.1 Å². The molecule has 0 fully saturated rings. The molecule has 1 aromatic heterocycles. The molecule has 0 aliphatic carbocycles. The van der Waals surface area contributed by atoms with Crippen molar-refractivity contribution in [3.05, 3.63) is 82.2 Å². The molecule has 0 atom stereocenters. The summed E-state index contributed by atoms with van der Waals surface area (Å²) in [6, 6.07) is 18.9. The summed E-state index contributed by atoms with van der Waals surface area (Å²) in [5.41, 5.74) is 1.69. The summed E-state index contributed by atoms with van der Waals surface area (Å²) in [5, 5.41) is 0. The molecule has 0 radical (unpaired) electrons. The summed E-state index contributed by atoms with van der Waals surface area (Å²) in [7, 11) is 3.30. The number of aryl methyl sites for hydroxylation is 1. The second-order valence-corrected chi connectivity index (χ2v) is 5.61. The minimum absolute atomic E-state index is 0.0575. The average molecular weight is 322 g/mol. The van der Waals surface area contributed by atoms with Crippen molar-refractivity contribution >= 4 is 5.91 Å². The molecule has 5 heteroatoms. The van der Waals surface area contributed by atoms with Gasteiger partial charge < -0.3 is 9.42 Å². The highest BCUT2D eigenvalue weighted by molar-refractivity contribution is 5.99. The number of hydrogen-bond acceptors (Lipinski definition) is 3. The Morgan fingerprint density at radius 1 is 1.04 bits per heavy atom. The van der Waals surface area contributed by atoms with Gasteiger partial charge in [-0.05, 0) is 5.56 Å². The van der Waals surface area contributed by atoms with E-state index < -0.39 is 5.63 Å². The van der Waals surface area contributed by atoms with Crippen LogP contribution in [0, 0.1) is 0 Å². The van der Waals surface area contributed by atoms with Crippen LogP contribution >= 0.6 is 0 Å². The van der Waals surface area contributed by atoms with Gasteiger partial charge in [0.2, 0.25) is 0 Å². The van der Waals surface area contributed by atoms with Crippen LogP contribution in [0.15, 0.2) is 70.0 Å². The Bertz CT molecular complexity index is 895. The Labute approximate surface area is 139 Å². The normalized spacial score (nSPS) is 10.6. The second-order valence-electron chi connectivity index (χ2n) is 5.61. The van der Waals surface area contributed by atoms with Gasteiger partial charge in [0.1, 0.15) is 5.69 Å². The number of hydrogen-bond donors (Lipinski definition) is 0. The molecular formula is C19H18N2O3. The highest BCUT2D eigenvalue weighted by Crippen LogP contribution is 2.22. The summed E-state index contributed by atoms with van der Waals surface area (Å²) in [4.78, 5) is 26.5. The fraction of sp³-hybridized carbons (Fsp3) is 0.158. The Hall–Kier alpha value is -3.08. The lowest BCUT2D eigenvalue weighted by atomic mass is 10.1. The number of rotatable bonds is 4. The van der Waals surface area contributed by atoms with Crippen molar-refractivity contribution in [2.75, 3.05) is 7.05 Å². The lowest BCUT2D eigenvalue weighted by Gasteiger charge is -2.16. The monoisotopic (exact) mass is 322 g/mol. The Balaban J connectivity index is 1.97. The maximum Gasteiger partial charge on any atom is 0.370 e. The molecule has 1 heterocycles. The van der Waals surface area contributed by atoms with E-state index in [1.165, 1.54) is 9.64 Å². The molecule has 0 saturated heterocycles. The first-order valence-electron chi connectivity index (χ1n) is 7.63. The van der Waals surface area contributed by atoms with E-state index in [1.807, 2.05) is 60.7 Å². The molecule has 3 aromatic rings. The molecule has 3 rings (SSSR count). The van der Waals surface area contributed by atoms with Crippen LogP contribution in [0.5, 0.6) is 0 Å². The number of amides is 1. The fourth-order valence-corrected chi connectivity index (χ4v) is 2.70. The van der Waals surface area contributed by atoms with E-state index in [4.69, 9.17) is 4.52 Å². The molecule has 5 nitrogen and oxygen atoms in total. The van der Waals surface area contributed by atoms with Crippen LogP contribution in [0.2, 0.25) is 0 Å². The van der Waals surface area contributed by atoms with Crippen molar-refractivity contribution in [1.82, 2.24) is 9.64 Å². The summed E-state index contributed by atoms with van der Waals surface area (Å²) in [6.45, 7) is 0.419. The molecule has 0 unspecified atom stereocenters. The maximum absolute atomic E-state index is 12.8. The van der Waals surface area contributed by atoms with Crippen LogP contribution < -0.4 is 5.63 Å². The molecule has 122 valence electrons. The van der Waals surface area contributed by atoms with Crippen molar-refractivity contribution in [3.63, 3.8) is 0 Å². The highest BCUT2D eigenvalue weighted by atomic mass is 16.5. The fourth-order valence-electron chi connectivity index (χ4n) is 2.70. The predicted molar refractivity (Wildman–Crippen MR) is 91.6 cm³/mol. The topological polar surface area (TPSA) is 55.5 Å². The van der Waals surface area contributed by atoms with Crippen LogP contribution in [-0.2, 0) is 13.6 Å². The number of benzene rings is 2. The second kappa shape index (κ2) is 6.58. The number of carbonyl (C=O) groups is 1. The summed E-state index contributed by atoms with van der Waals surface area (Å²) in [6.07, 6.45) is 0. The van der Waals surface area contributed by atoms with Gasteiger partial charge in [-0.15, -0.1) is 0 Å². The van der Waals surface area contributed by atoms with Crippen molar-refractivity contribution in [2.24, 2.45) is 7.05 Å². The molecule has 0 spiro atoms. The number of aromatic nitrogens is 1.